The summed E-state index contributed by atoms with van der Waals surface area (Å²) in [6.45, 7) is 3.55. The van der Waals surface area contributed by atoms with E-state index in [2.05, 4.69) is 10.3 Å². The van der Waals surface area contributed by atoms with Crippen LogP contribution in [-0.4, -0.2) is 46.3 Å². The van der Waals surface area contributed by atoms with Gasteiger partial charge in [0.2, 0.25) is 0 Å². The molecule has 2 heterocycles. The summed E-state index contributed by atoms with van der Waals surface area (Å²) in [5, 5.41) is 3.02. The highest BCUT2D eigenvalue weighted by Gasteiger charge is 2.28. The van der Waals surface area contributed by atoms with Crippen LogP contribution >= 0.6 is 0 Å². The molecule has 24 heavy (non-hydrogen) atoms. The number of ether oxygens (including phenoxy) is 1. The standard InChI is InChI=1S/C17H21FN4O2/c1-12-11-24-10-9-22(12)17(23)20-15(16-19-7-8-21(16)2)13-3-5-14(18)6-4-13/h3-8,12,15H,9-11H2,1-2H3,(H,20,23). The third-order valence-electron chi connectivity index (χ3n) is 4.22. The number of nitrogens with one attached hydrogen (secondary N) is 1. The molecule has 6 nitrogen and oxygen atoms in total. The minimum Gasteiger partial charge on any atom is -0.377 e. The van der Waals surface area contributed by atoms with Gasteiger partial charge in [-0.15, -0.1) is 0 Å². The van der Waals surface area contributed by atoms with E-state index in [1.807, 2.05) is 24.7 Å². The van der Waals surface area contributed by atoms with Crippen molar-refractivity contribution in [2.75, 3.05) is 19.8 Å². The average Bonchev–Trinajstić information content (AvgIpc) is 2.99. The lowest BCUT2D eigenvalue weighted by molar-refractivity contribution is 0.0186. The van der Waals surface area contributed by atoms with Crippen LogP contribution in [0.3, 0.4) is 0 Å². The van der Waals surface area contributed by atoms with Crippen molar-refractivity contribution in [1.29, 1.82) is 0 Å². The van der Waals surface area contributed by atoms with Crippen molar-refractivity contribution in [3.63, 3.8) is 0 Å². The number of rotatable bonds is 3. The number of carbonyl (C=O) groups is 1. The Kier molecular flexibility index (Phi) is 4.80. The Morgan fingerprint density at radius 2 is 2.17 bits per heavy atom. The highest BCUT2D eigenvalue weighted by molar-refractivity contribution is 5.75. The van der Waals surface area contributed by atoms with Crippen LogP contribution in [0.2, 0.25) is 0 Å². The van der Waals surface area contributed by atoms with Crippen molar-refractivity contribution in [1.82, 2.24) is 19.8 Å². The summed E-state index contributed by atoms with van der Waals surface area (Å²) in [5.41, 5.74) is 0.778. The van der Waals surface area contributed by atoms with E-state index in [1.165, 1.54) is 12.1 Å². The number of benzene rings is 1. The number of aryl methyl sites for hydroxylation is 1. The van der Waals surface area contributed by atoms with Gasteiger partial charge in [-0.05, 0) is 24.6 Å². The fourth-order valence-electron chi connectivity index (χ4n) is 2.84. The van der Waals surface area contributed by atoms with Gasteiger partial charge in [-0.1, -0.05) is 12.1 Å². The maximum Gasteiger partial charge on any atom is 0.318 e. The molecule has 1 fully saturated rings. The number of hydrogen-bond acceptors (Lipinski definition) is 3. The molecule has 0 saturated carbocycles. The average molecular weight is 332 g/mol. The van der Waals surface area contributed by atoms with E-state index in [4.69, 9.17) is 4.74 Å². The van der Waals surface area contributed by atoms with E-state index in [-0.39, 0.29) is 17.9 Å². The zero-order chi connectivity index (χ0) is 17.1. The minimum absolute atomic E-state index is 0.00832. The zero-order valence-corrected chi connectivity index (χ0v) is 13.8. The lowest BCUT2D eigenvalue weighted by atomic mass is 10.1. The molecule has 0 bridgehead atoms. The largest absolute Gasteiger partial charge is 0.377 e. The third kappa shape index (κ3) is 3.41. The summed E-state index contributed by atoms with van der Waals surface area (Å²) < 4.78 is 20.5. The maximum absolute atomic E-state index is 13.2. The minimum atomic E-state index is -0.451. The molecule has 1 saturated heterocycles. The molecule has 7 heteroatoms. The van der Waals surface area contributed by atoms with Crippen LogP contribution in [0.15, 0.2) is 36.7 Å². The molecule has 1 aliphatic rings. The Morgan fingerprint density at radius 3 is 2.79 bits per heavy atom. The van der Waals surface area contributed by atoms with Gasteiger partial charge in [0.15, 0.2) is 0 Å². The van der Waals surface area contributed by atoms with Crippen molar-refractivity contribution < 1.29 is 13.9 Å². The summed E-state index contributed by atoms with van der Waals surface area (Å²) in [4.78, 5) is 18.8. The number of halogens is 1. The lowest BCUT2D eigenvalue weighted by Gasteiger charge is -2.34. The number of aromatic nitrogens is 2. The van der Waals surface area contributed by atoms with E-state index in [0.717, 1.165) is 5.56 Å². The summed E-state index contributed by atoms with van der Waals surface area (Å²) >= 11 is 0. The molecule has 3 rings (SSSR count). The Bertz CT molecular complexity index is 701. The molecule has 1 N–H and O–H groups in total. The fraction of sp³-hybridized carbons (Fsp3) is 0.412. The van der Waals surface area contributed by atoms with Crippen LogP contribution in [0.1, 0.15) is 24.4 Å². The Labute approximate surface area is 140 Å². The molecule has 2 aromatic rings. The van der Waals surface area contributed by atoms with Gasteiger partial charge in [-0.2, -0.15) is 0 Å². The fourth-order valence-corrected chi connectivity index (χ4v) is 2.84. The normalized spacial score (nSPS) is 19.1. The van der Waals surface area contributed by atoms with Crippen LogP contribution in [-0.2, 0) is 11.8 Å². The number of imidazole rings is 1. The topological polar surface area (TPSA) is 59.4 Å². The number of morpholine rings is 1. The second-order valence-corrected chi connectivity index (χ2v) is 5.95. The summed E-state index contributed by atoms with van der Waals surface area (Å²) in [6, 6.07) is 5.48. The number of carbonyl (C=O) groups excluding carboxylic acids is 1. The molecule has 0 radical (unpaired) electrons. The van der Waals surface area contributed by atoms with Gasteiger partial charge in [0.25, 0.3) is 0 Å². The van der Waals surface area contributed by atoms with Gasteiger partial charge in [-0.3, -0.25) is 0 Å². The molecule has 128 valence electrons. The van der Waals surface area contributed by atoms with E-state index < -0.39 is 6.04 Å². The first kappa shape index (κ1) is 16.4. The van der Waals surface area contributed by atoms with Crippen LogP contribution in [0.5, 0.6) is 0 Å². The first-order valence-corrected chi connectivity index (χ1v) is 7.94. The van der Waals surface area contributed by atoms with Crippen molar-refractivity contribution in [3.05, 3.63) is 53.9 Å². The molecule has 2 atom stereocenters. The van der Waals surface area contributed by atoms with Gasteiger partial charge < -0.3 is 19.5 Å². The molecule has 1 aromatic heterocycles. The Hall–Kier alpha value is -2.41. The van der Waals surface area contributed by atoms with E-state index in [0.29, 0.717) is 25.6 Å². The number of amides is 2. The molecular weight excluding hydrogens is 311 g/mol. The van der Waals surface area contributed by atoms with Gasteiger partial charge in [0, 0.05) is 26.0 Å². The monoisotopic (exact) mass is 332 g/mol. The highest BCUT2D eigenvalue weighted by Crippen LogP contribution is 2.21. The van der Waals surface area contributed by atoms with E-state index in [1.54, 1.807) is 23.2 Å². The molecular formula is C17H21FN4O2. The van der Waals surface area contributed by atoms with Gasteiger partial charge >= 0.3 is 6.03 Å². The summed E-state index contributed by atoms with van der Waals surface area (Å²) in [6.07, 6.45) is 3.49. The smallest absolute Gasteiger partial charge is 0.318 e. The van der Waals surface area contributed by atoms with Crippen molar-refractivity contribution in [3.8, 4) is 0 Å². The number of hydrogen-bond donors (Lipinski definition) is 1. The molecule has 2 amide bonds. The Balaban J connectivity index is 1.86. The zero-order valence-electron chi connectivity index (χ0n) is 13.8. The molecule has 0 spiro atoms. The maximum atomic E-state index is 13.2. The first-order valence-electron chi connectivity index (χ1n) is 7.94. The predicted octanol–water partition coefficient (Wildman–Crippen LogP) is 2.08. The second-order valence-electron chi connectivity index (χ2n) is 5.95. The third-order valence-corrected chi connectivity index (χ3v) is 4.22. The van der Waals surface area contributed by atoms with Crippen molar-refractivity contribution in [2.24, 2.45) is 7.05 Å². The lowest BCUT2D eigenvalue weighted by Crippen LogP contribution is -2.52. The molecule has 1 aromatic carbocycles. The van der Waals surface area contributed by atoms with Crippen LogP contribution in [0.25, 0.3) is 0 Å². The van der Waals surface area contributed by atoms with Gasteiger partial charge in [-0.25, -0.2) is 14.2 Å². The molecule has 0 aliphatic carbocycles. The predicted molar refractivity (Wildman–Crippen MR) is 87.0 cm³/mol. The summed E-state index contributed by atoms with van der Waals surface area (Å²) in [7, 11) is 1.86. The van der Waals surface area contributed by atoms with Crippen LogP contribution in [0.4, 0.5) is 9.18 Å². The molecule has 1 aliphatic heterocycles. The van der Waals surface area contributed by atoms with Gasteiger partial charge in [0.1, 0.15) is 17.7 Å². The van der Waals surface area contributed by atoms with Gasteiger partial charge in [0.05, 0.1) is 19.3 Å². The van der Waals surface area contributed by atoms with Crippen LogP contribution < -0.4 is 5.32 Å². The second kappa shape index (κ2) is 7.00. The van der Waals surface area contributed by atoms with Crippen molar-refractivity contribution >= 4 is 6.03 Å². The Morgan fingerprint density at radius 1 is 1.42 bits per heavy atom. The van der Waals surface area contributed by atoms with Crippen molar-refractivity contribution in [2.45, 2.75) is 19.0 Å². The molecule has 2 unspecified atom stereocenters. The first-order chi connectivity index (χ1) is 11.6. The summed E-state index contributed by atoms with van der Waals surface area (Å²) in [5.74, 6) is 0.376. The van der Waals surface area contributed by atoms with E-state index in [9.17, 15) is 9.18 Å². The quantitative estimate of drug-likeness (QED) is 0.936. The van der Waals surface area contributed by atoms with E-state index >= 15 is 0 Å². The number of nitrogens with zero attached hydrogens (tertiary/aromatic N) is 3. The number of urea groups is 1. The van der Waals surface area contributed by atoms with Crippen LogP contribution in [0, 0.1) is 5.82 Å². The highest BCUT2D eigenvalue weighted by atomic mass is 19.1. The SMILES string of the molecule is CC1COCCN1C(=O)NC(c1ccc(F)cc1)c1nccn1C.